The maximum Gasteiger partial charge on any atom is 0.322 e. The molecule has 2 N–H and O–H groups in total. The normalized spacial score (nSPS) is 21.2. The van der Waals surface area contributed by atoms with Crippen LogP contribution in [0.4, 0.5) is 10.5 Å². The van der Waals surface area contributed by atoms with Gasteiger partial charge in [-0.2, -0.15) is 0 Å². The monoisotopic (exact) mass is 287 g/mol. The lowest BCUT2D eigenvalue weighted by molar-refractivity contribution is -0.124. The van der Waals surface area contributed by atoms with Gasteiger partial charge in [0.25, 0.3) is 0 Å². The molecular formula is C16H21N3O2. The van der Waals surface area contributed by atoms with Crippen LogP contribution < -0.4 is 10.6 Å². The van der Waals surface area contributed by atoms with E-state index in [9.17, 15) is 9.59 Å². The van der Waals surface area contributed by atoms with Gasteiger partial charge >= 0.3 is 6.03 Å². The Labute approximate surface area is 124 Å². The molecule has 2 fully saturated rings. The van der Waals surface area contributed by atoms with E-state index in [-0.39, 0.29) is 18.0 Å². The lowest BCUT2D eigenvalue weighted by atomic mass is 10.2. The molecule has 2 aliphatic rings. The number of amides is 3. The summed E-state index contributed by atoms with van der Waals surface area (Å²) in [6.45, 7) is 2.59. The number of carbonyl (C=O) groups is 2. The predicted molar refractivity (Wildman–Crippen MR) is 81.1 cm³/mol. The van der Waals surface area contributed by atoms with Crippen molar-refractivity contribution in [3.63, 3.8) is 0 Å². The number of hydrogen-bond acceptors (Lipinski definition) is 2. The molecule has 1 unspecified atom stereocenters. The molecule has 0 spiro atoms. The lowest BCUT2D eigenvalue weighted by Gasteiger charge is -2.24. The van der Waals surface area contributed by atoms with Gasteiger partial charge in [0.2, 0.25) is 5.91 Å². The van der Waals surface area contributed by atoms with E-state index in [0.717, 1.165) is 36.9 Å². The van der Waals surface area contributed by atoms with Crippen molar-refractivity contribution in [2.24, 2.45) is 0 Å². The summed E-state index contributed by atoms with van der Waals surface area (Å²) in [5.41, 5.74) is 1.82. The molecule has 1 heterocycles. The number of likely N-dealkylation sites (tertiary alicyclic amines) is 1. The number of benzene rings is 1. The summed E-state index contributed by atoms with van der Waals surface area (Å²) < 4.78 is 0. The summed E-state index contributed by atoms with van der Waals surface area (Å²) in [7, 11) is 0. The molecule has 1 aromatic rings. The van der Waals surface area contributed by atoms with Gasteiger partial charge in [-0.25, -0.2) is 4.79 Å². The van der Waals surface area contributed by atoms with E-state index in [4.69, 9.17) is 0 Å². The third-order valence-corrected chi connectivity index (χ3v) is 4.13. The third kappa shape index (κ3) is 3.17. The number of nitrogens with zero attached hydrogens (tertiary/aromatic N) is 1. The van der Waals surface area contributed by atoms with Crippen LogP contribution >= 0.6 is 0 Å². The van der Waals surface area contributed by atoms with Crippen molar-refractivity contribution in [3.8, 4) is 0 Å². The molecule has 0 bridgehead atoms. The summed E-state index contributed by atoms with van der Waals surface area (Å²) in [4.78, 5) is 26.3. The van der Waals surface area contributed by atoms with E-state index in [2.05, 4.69) is 10.6 Å². The molecule has 1 aromatic carbocycles. The zero-order valence-electron chi connectivity index (χ0n) is 12.3. The van der Waals surface area contributed by atoms with Crippen molar-refractivity contribution in [3.05, 3.63) is 29.8 Å². The molecule has 3 amide bonds. The average Bonchev–Trinajstić information content (AvgIpc) is 3.14. The lowest BCUT2D eigenvalue weighted by Crippen LogP contribution is -2.48. The van der Waals surface area contributed by atoms with Crippen LogP contribution in [0.15, 0.2) is 24.3 Å². The number of para-hydroxylation sites is 1. The highest BCUT2D eigenvalue weighted by Crippen LogP contribution is 2.23. The topological polar surface area (TPSA) is 61.4 Å². The van der Waals surface area contributed by atoms with E-state index in [1.54, 1.807) is 4.90 Å². The van der Waals surface area contributed by atoms with Gasteiger partial charge < -0.3 is 15.5 Å². The first-order valence-electron chi connectivity index (χ1n) is 7.59. The van der Waals surface area contributed by atoms with E-state index in [0.29, 0.717) is 12.6 Å². The predicted octanol–water partition coefficient (Wildman–Crippen LogP) is 2.27. The molecule has 0 aromatic heterocycles. The van der Waals surface area contributed by atoms with Crippen LogP contribution in [0.2, 0.25) is 0 Å². The second-order valence-electron chi connectivity index (χ2n) is 5.88. The van der Waals surface area contributed by atoms with Crippen molar-refractivity contribution >= 4 is 17.6 Å². The standard InChI is InChI=1S/C16H21N3O2/c1-11-5-2-3-6-13(11)18-16(21)19-10-4-7-14(19)15(20)17-12-8-9-12/h2-3,5-6,12,14H,4,7-10H2,1H3,(H,17,20)(H,18,21). The molecule has 1 saturated carbocycles. The van der Waals surface area contributed by atoms with Crippen molar-refractivity contribution in [1.29, 1.82) is 0 Å². The molecule has 1 saturated heterocycles. The van der Waals surface area contributed by atoms with Crippen LogP contribution in [0.5, 0.6) is 0 Å². The van der Waals surface area contributed by atoms with Crippen LogP contribution in [0.25, 0.3) is 0 Å². The number of nitrogens with one attached hydrogen (secondary N) is 2. The SMILES string of the molecule is Cc1ccccc1NC(=O)N1CCCC1C(=O)NC1CC1. The zero-order valence-corrected chi connectivity index (χ0v) is 12.3. The second kappa shape index (κ2) is 5.76. The molecule has 21 heavy (non-hydrogen) atoms. The number of urea groups is 1. The fraction of sp³-hybridized carbons (Fsp3) is 0.500. The van der Waals surface area contributed by atoms with Crippen LogP contribution in [0, 0.1) is 6.92 Å². The van der Waals surface area contributed by atoms with Gasteiger partial charge in [0, 0.05) is 18.3 Å². The molecule has 0 radical (unpaired) electrons. The summed E-state index contributed by atoms with van der Waals surface area (Å²) in [6, 6.07) is 7.49. The first-order chi connectivity index (χ1) is 10.1. The Kier molecular flexibility index (Phi) is 3.82. The highest BCUT2D eigenvalue weighted by atomic mass is 16.2. The molecule has 3 rings (SSSR count). The Hall–Kier alpha value is -2.04. The van der Waals surface area contributed by atoms with Gasteiger partial charge in [-0.05, 0) is 44.2 Å². The number of aryl methyl sites for hydroxylation is 1. The number of rotatable bonds is 3. The molecule has 1 atom stereocenters. The average molecular weight is 287 g/mol. The van der Waals surface area contributed by atoms with Crippen molar-refractivity contribution in [2.75, 3.05) is 11.9 Å². The maximum absolute atomic E-state index is 12.4. The van der Waals surface area contributed by atoms with Gasteiger partial charge in [0.15, 0.2) is 0 Å². The molecule has 1 aliphatic carbocycles. The molecule has 1 aliphatic heterocycles. The Morgan fingerprint density at radius 3 is 2.67 bits per heavy atom. The van der Waals surface area contributed by atoms with E-state index < -0.39 is 0 Å². The van der Waals surface area contributed by atoms with Gasteiger partial charge in [-0.15, -0.1) is 0 Å². The molecule has 5 heteroatoms. The van der Waals surface area contributed by atoms with Crippen molar-refractivity contribution in [2.45, 2.75) is 44.7 Å². The largest absolute Gasteiger partial charge is 0.352 e. The van der Waals surface area contributed by atoms with E-state index >= 15 is 0 Å². The van der Waals surface area contributed by atoms with Gasteiger partial charge in [0.1, 0.15) is 6.04 Å². The van der Waals surface area contributed by atoms with Gasteiger partial charge in [-0.1, -0.05) is 18.2 Å². The molecule has 112 valence electrons. The minimum atomic E-state index is -0.324. The minimum absolute atomic E-state index is 0.00469. The van der Waals surface area contributed by atoms with Gasteiger partial charge in [-0.3, -0.25) is 4.79 Å². The summed E-state index contributed by atoms with van der Waals surface area (Å²) >= 11 is 0. The number of carbonyl (C=O) groups excluding carboxylic acids is 2. The summed E-state index contributed by atoms with van der Waals surface area (Å²) in [5.74, 6) is -0.00469. The van der Waals surface area contributed by atoms with E-state index in [1.165, 1.54) is 0 Å². The summed E-state index contributed by atoms with van der Waals surface area (Å²) in [6.07, 6.45) is 3.76. The van der Waals surface area contributed by atoms with Crippen molar-refractivity contribution in [1.82, 2.24) is 10.2 Å². The highest BCUT2D eigenvalue weighted by Gasteiger charge is 2.36. The fourth-order valence-corrected chi connectivity index (χ4v) is 2.71. The number of hydrogen-bond donors (Lipinski definition) is 2. The number of anilines is 1. The second-order valence-corrected chi connectivity index (χ2v) is 5.88. The van der Waals surface area contributed by atoms with Crippen molar-refractivity contribution < 1.29 is 9.59 Å². The van der Waals surface area contributed by atoms with E-state index in [1.807, 2.05) is 31.2 Å². The molecule has 5 nitrogen and oxygen atoms in total. The first-order valence-corrected chi connectivity index (χ1v) is 7.59. The molecular weight excluding hydrogens is 266 g/mol. The Bertz CT molecular complexity index is 554. The Morgan fingerprint density at radius 1 is 1.19 bits per heavy atom. The summed E-state index contributed by atoms with van der Waals surface area (Å²) in [5, 5.41) is 5.91. The van der Waals surface area contributed by atoms with Crippen LogP contribution in [-0.4, -0.2) is 35.5 Å². The fourth-order valence-electron chi connectivity index (χ4n) is 2.71. The Morgan fingerprint density at radius 2 is 1.95 bits per heavy atom. The Balaban J connectivity index is 1.65. The van der Waals surface area contributed by atoms with Crippen LogP contribution in [0.3, 0.4) is 0 Å². The van der Waals surface area contributed by atoms with Crippen LogP contribution in [-0.2, 0) is 4.79 Å². The highest BCUT2D eigenvalue weighted by molar-refractivity contribution is 5.94. The minimum Gasteiger partial charge on any atom is -0.352 e. The van der Waals surface area contributed by atoms with Crippen LogP contribution in [0.1, 0.15) is 31.2 Å². The smallest absolute Gasteiger partial charge is 0.322 e. The zero-order chi connectivity index (χ0) is 14.8. The quantitative estimate of drug-likeness (QED) is 0.896. The first kappa shape index (κ1) is 13.9. The third-order valence-electron chi connectivity index (χ3n) is 4.13. The maximum atomic E-state index is 12.4. The van der Waals surface area contributed by atoms with Gasteiger partial charge in [0.05, 0.1) is 0 Å².